The molecule has 0 aromatic rings. The van der Waals surface area contributed by atoms with Crippen LogP contribution < -0.4 is 5.32 Å². The van der Waals surface area contributed by atoms with Gasteiger partial charge in [0.1, 0.15) is 0 Å². The Balaban J connectivity index is 2.10. The molecular formula is C16H30N2OS. The van der Waals surface area contributed by atoms with Gasteiger partial charge in [-0.15, -0.1) is 0 Å². The average Bonchev–Trinajstić information content (AvgIpc) is 2.61. The fraction of sp³-hybridized carbons (Fsp3) is 0.938. The zero-order valence-electron chi connectivity index (χ0n) is 13.6. The molecule has 20 heavy (non-hydrogen) atoms. The first-order chi connectivity index (χ1) is 9.38. The topological polar surface area (TPSA) is 32.3 Å². The van der Waals surface area contributed by atoms with E-state index in [-0.39, 0.29) is 12.2 Å². The second kappa shape index (κ2) is 6.27. The minimum absolute atomic E-state index is 0.0118. The van der Waals surface area contributed by atoms with Crippen LogP contribution in [-0.4, -0.2) is 40.6 Å². The molecule has 0 aromatic heterocycles. The Kier molecular flexibility index (Phi) is 5.06. The van der Waals surface area contributed by atoms with Crippen LogP contribution in [0.5, 0.6) is 0 Å². The van der Waals surface area contributed by atoms with E-state index in [4.69, 9.17) is 0 Å². The number of carbonyl (C=O) groups is 1. The van der Waals surface area contributed by atoms with E-state index < -0.39 is 0 Å². The Labute approximate surface area is 128 Å². The maximum atomic E-state index is 12.7. The van der Waals surface area contributed by atoms with Crippen LogP contribution in [0.4, 0.5) is 0 Å². The Morgan fingerprint density at radius 2 is 2.00 bits per heavy atom. The largest absolute Gasteiger partial charge is 0.324 e. The zero-order chi connectivity index (χ0) is 14.9. The molecule has 2 fully saturated rings. The van der Waals surface area contributed by atoms with Gasteiger partial charge in [-0.05, 0) is 37.4 Å². The number of carbonyl (C=O) groups excluding carboxylic acids is 1. The van der Waals surface area contributed by atoms with Gasteiger partial charge in [0.2, 0.25) is 5.91 Å². The van der Waals surface area contributed by atoms with Crippen molar-refractivity contribution in [3.63, 3.8) is 0 Å². The number of hydrogen-bond donors (Lipinski definition) is 1. The highest BCUT2D eigenvalue weighted by molar-refractivity contribution is 8.00. The van der Waals surface area contributed by atoms with Gasteiger partial charge in [-0.2, -0.15) is 11.8 Å². The molecule has 0 spiro atoms. The van der Waals surface area contributed by atoms with Crippen molar-refractivity contribution in [3.8, 4) is 0 Å². The van der Waals surface area contributed by atoms with Crippen molar-refractivity contribution in [1.29, 1.82) is 0 Å². The van der Waals surface area contributed by atoms with Gasteiger partial charge in [0, 0.05) is 11.3 Å². The summed E-state index contributed by atoms with van der Waals surface area (Å²) >= 11 is 1.96. The van der Waals surface area contributed by atoms with E-state index >= 15 is 0 Å². The summed E-state index contributed by atoms with van der Waals surface area (Å²) in [7, 11) is 0. The number of rotatable bonds is 6. The van der Waals surface area contributed by atoms with Crippen molar-refractivity contribution in [2.24, 2.45) is 11.8 Å². The van der Waals surface area contributed by atoms with Crippen molar-refractivity contribution in [1.82, 2.24) is 10.2 Å². The highest BCUT2D eigenvalue weighted by Crippen LogP contribution is 2.44. The Morgan fingerprint density at radius 3 is 2.40 bits per heavy atom. The van der Waals surface area contributed by atoms with Crippen molar-refractivity contribution in [2.75, 3.05) is 12.8 Å². The van der Waals surface area contributed by atoms with Crippen LogP contribution in [0.2, 0.25) is 0 Å². The first kappa shape index (κ1) is 16.2. The van der Waals surface area contributed by atoms with Crippen molar-refractivity contribution < 1.29 is 4.79 Å². The fourth-order valence-corrected chi connectivity index (χ4v) is 4.28. The van der Waals surface area contributed by atoms with Crippen molar-refractivity contribution in [2.45, 2.75) is 70.3 Å². The number of nitrogens with one attached hydrogen (secondary N) is 1. The van der Waals surface area contributed by atoms with Gasteiger partial charge < -0.3 is 4.90 Å². The van der Waals surface area contributed by atoms with Crippen molar-refractivity contribution >= 4 is 17.7 Å². The summed E-state index contributed by atoms with van der Waals surface area (Å²) < 4.78 is 0.332. The molecule has 0 aromatic carbocycles. The van der Waals surface area contributed by atoms with Gasteiger partial charge >= 0.3 is 0 Å². The Bertz CT molecular complexity index is 347. The van der Waals surface area contributed by atoms with Crippen LogP contribution in [0.1, 0.15) is 53.4 Å². The lowest BCUT2D eigenvalue weighted by molar-refractivity contribution is -0.131. The SMILES string of the molecule is CSC1(CN2C(=O)C(C(C)C)NC2CC(C)C)CCC1. The van der Waals surface area contributed by atoms with E-state index in [1.807, 2.05) is 11.8 Å². The van der Waals surface area contributed by atoms with E-state index in [2.05, 4.69) is 44.2 Å². The second-order valence-corrected chi connectivity index (χ2v) is 8.51. The van der Waals surface area contributed by atoms with E-state index in [9.17, 15) is 4.79 Å². The highest BCUT2D eigenvalue weighted by atomic mass is 32.2. The molecule has 1 amide bonds. The minimum atomic E-state index is 0.0118. The molecule has 1 saturated carbocycles. The maximum absolute atomic E-state index is 12.7. The van der Waals surface area contributed by atoms with Gasteiger partial charge in [-0.1, -0.05) is 34.1 Å². The standard InChI is InChI=1S/C16H30N2OS/c1-11(2)9-13-17-14(12(3)4)15(19)18(13)10-16(20-5)7-6-8-16/h11-14,17H,6-10H2,1-5H3. The smallest absolute Gasteiger partial charge is 0.241 e. The lowest BCUT2D eigenvalue weighted by Crippen LogP contribution is -2.50. The molecule has 2 atom stereocenters. The van der Waals surface area contributed by atoms with Gasteiger partial charge in [-0.25, -0.2) is 0 Å². The van der Waals surface area contributed by atoms with Crippen LogP contribution in [0.15, 0.2) is 0 Å². The predicted octanol–water partition coefficient (Wildman–Crippen LogP) is 3.10. The van der Waals surface area contributed by atoms with Crippen LogP contribution in [0, 0.1) is 11.8 Å². The minimum Gasteiger partial charge on any atom is -0.324 e. The first-order valence-corrected chi connectivity index (χ1v) is 9.23. The molecule has 1 heterocycles. The molecule has 1 aliphatic heterocycles. The van der Waals surface area contributed by atoms with E-state index in [0.29, 0.717) is 22.5 Å². The maximum Gasteiger partial charge on any atom is 0.241 e. The summed E-state index contributed by atoms with van der Waals surface area (Å²) in [6.07, 6.45) is 7.33. The average molecular weight is 298 g/mol. The van der Waals surface area contributed by atoms with Gasteiger partial charge in [-0.3, -0.25) is 10.1 Å². The lowest BCUT2D eigenvalue weighted by atomic mass is 9.83. The Morgan fingerprint density at radius 1 is 1.35 bits per heavy atom. The molecule has 2 aliphatic rings. The van der Waals surface area contributed by atoms with Crippen LogP contribution >= 0.6 is 11.8 Å². The van der Waals surface area contributed by atoms with Gasteiger partial charge in [0.15, 0.2) is 0 Å². The summed E-state index contributed by atoms with van der Waals surface area (Å²) in [6, 6.07) is 0.0118. The molecule has 4 heteroatoms. The lowest BCUT2D eigenvalue weighted by Gasteiger charge is -2.44. The van der Waals surface area contributed by atoms with Crippen LogP contribution in [-0.2, 0) is 4.79 Å². The molecule has 1 N–H and O–H groups in total. The molecule has 2 rings (SSSR count). The second-order valence-electron chi connectivity index (χ2n) is 7.24. The molecular weight excluding hydrogens is 268 g/mol. The molecule has 2 unspecified atom stereocenters. The normalized spacial score (nSPS) is 29.4. The third-order valence-corrected chi connectivity index (χ3v) is 6.22. The number of nitrogens with zero attached hydrogens (tertiary/aromatic N) is 1. The Hall–Kier alpha value is -0.220. The monoisotopic (exact) mass is 298 g/mol. The first-order valence-electron chi connectivity index (χ1n) is 8.00. The number of thioether (sulfide) groups is 1. The summed E-state index contributed by atoms with van der Waals surface area (Å²) in [6.45, 7) is 9.68. The molecule has 0 radical (unpaired) electrons. The van der Waals surface area contributed by atoms with E-state index in [0.717, 1.165) is 13.0 Å². The third-order valence-electron chi connectivity index (χ3n) is 4.81. The number of amides is 1. The summed E-state index contributed by atoms with van der Waals surface area (Å²) in [5.41, 5.74) is 0. The van der Waals surface area contributed by atoms with Gasteiger partial charge in [0.25, 0.3) is 0 Å². The molecule has 1 aliphatic carbocycles. The van der Waals surface area contributed by atoms with E-state index in [1.54, 1.807) is 0 Å². The van der Waals surface area contributed by atoms with E-state index in [1.165, 1.54) is 19.3 Å². The summed E-state index contributed by atoms with van der Waals surface area (Å²) in [4.78, 5) is 14.9. The third kappa shape index (κ3) is 3.16. The van der Waals surface area contributed by atoms with Gasteiger partial charge in [0.05, 0.1) is 12.2 Å². The van der Waals surface area contributed by atoms with Crippen LogP contribution in [0.25, 0.3) is 0 Å². The highest BCUT2D eigenvalue weighted by Gasteiger charge is 2.46. The van der Waals surface area contributed by atoms with Crippen LogP contribution in [0.3, 0.4) is 0 Å². The zero-order valence-corrected chi connectivity index (χ0v) is 14.4. The summed E-state index contributed by atoms with van der Waals surface area (Å²) in [5, 5.41) is 3.58. The number of hydrogen-bond acceptors (Lipinski definition) is 3. The molecule has 0 bridgehead atoms. The molecule has 116 valence electrons. The molecule has 3 nitrogen and oxygen atoms in total. The quantitative estimate of drug-likeness (QED) is 0.818. The van der Waals surface area contributed by atoms with Crippen molar-refractivity contribution in [3.05, 3.63) is 0 Å². The predicted molar refractivity (Wildman–Crippen MR) is 86.8 cm³/mol. The molecule has 1 saturated heterocycles. The fourth-order valence-electron chi connectivity index (χ4n) is 3.32. The summed E-state index contributed by atoms with van der Waals surface area (Å²) in [5.74, 6) is 1.31.